The number of nitrogens with zero attached hydrogens (tertiary/aromatic N) is 2. The van der Waals surface area contributed by atoms with Crippen molar-refractivity contribution in [1.82, 2.24) is 20.9 Å². The van der Waals surface area contributed by atoms with E-state index in [-0.39, 0.29) is 43.2 Å². The van der Waals surface area contributed by atoms with E-state index in [4.69, 9.17) is 11.5 Å². The zero-order chi connectivity index (χ0) is 35.6. The highest BCUT2D eigenvalue weighted by Gasteiger charge is 2.37. The zero-order valence-corrected chi connectivity index (χ0v) is 27.7. The summed E-state index contributed by atoms with van der Waals surface area (Å²) in [4.78, 5) is 75.9. The van der Waals surface area contributed by atoms with Crippen molar-refractivity contribution in [1.29, 1.82) is 0 Å². The van der Waals surface area contributed by atoms with Gasteiger partial charge in [-0.1, -0.05) is 24.3 Å². The first-order valence-electron chi connectivity index (χ1n) is 14.7. The Bertz CT molecular complexity index is 1630. The van der Waals surface area contributed by atoms with Gasteiger partial charge in [-0.05, 0) is 48.9 Å². The van der Waals surface area contributed by atoms with E-state index < -0.39 is 87.5 Å². The number of hydrogen-bond donors (Lipinski definition) is 7. The Kier molecular flexibility index (Phi) is 14.9. The summed E-state index contributed by atoms with van der Waals surface area (Å²) < 4.78 is 32.0. The molecule has 2 aromatic rings. The van der Waals surface area contributed by atoms with Crippen LogP contribution in [0.5, 0.6) is 5.75 Å². The third-order valence-electron chi connectivity index (χ3n) is 7.53. The highest BCUT2D eigenvalue weighted by molar-refractivity contribution is 7.85. The Labute approximate surface area is 287 Å². The van der Waals surface area contributed by atoms with Gasteiger partial charge in [0.05, 0.1) is 23.3 Å². The number of carbonyl (C=O) groups is 5. The maximum Gasteiger partial charge on any atom is 0.269 e. The molecule has 49 heavy (non-hydrogen) atoms. The molecule has 9 N–H and O–H groups in total. The largest absolute Gasteiger partial charge is 0.508 e. The van der Waals surface area contributed by atoms with Gasteiger partial charge >= 0.3 is 0 Å². The fraction of sp³-hybridized carbons (Fsp3) is 0.414. The van der Waals surface area contributed by atoms with Crippen LogP contribution in [0.25, 0.3) is 0 Å². The van der Waals surface area contributed by atoms with Gasteiger partial charge < -0.3 is 37.4 Å². The Morgan fingerprint density at radius 3 is 2.12 bits per heavy atom. The zero-order valence-electron chi connectivity index (χ0n) is 26.0. The molecule has 4 atom stereocenters. The molecule has 1 fully saturated rings. The number of nitro groups is 1. The summed E-state index contributed by atoms with van der Waals surface area (Å²) in [6, 6.07) is 6.16. The molecule has 1 aliphatic rings. The minimum Gasteiger partial charge on any atom is -0.508 e. The molecule has 5 amide bonds. The lowest BCUT2D eigenvalue weighted by molar-refractivity contribution is -0.384. The number of nitro benzene ring substituents is 1. The van der Waals surface area contributed by atoms with Crippen LogP contribution in [0.1, 0.15) is 30.4 Å². The monoisotopic (exact) mass is 727 g/mol. The lowest BCUT2D eigenvalue weighted by Gasteiger charge is -2.28. The molecule has 1 heterocycles. The van der Waals surface area contributed by atoms with Crippen molar-refractivity contribution in [2.45, 2.75) is 56.3 Å². The molecule has 3 rings (SSSR count). The van der Waals surface area contributed by atoms with Crippen LogP contribution in [-0.2, 0) is 46.9 Å². The standard InChI is InChI=1S/C29H37N7O11S.ClH/c30-21(14-17-5-9-20(37)10-6-17)27(40)34-22(11-13-48(45,46)47)28(41)32-16-25(38)33-23(15-18-3-7-19(8-4-18)36(43)44)29(42)35-12-1-2-24(35)26(31)39;/h3-10,21-24,37H,1-2,11-16,30H2,(H2,31,39)(H,32,41)(H,33,38)(H,34,40)(H,45,46,47);1H/t21-,22-,23-,24-;/m0./s1. The molecule has 268 valence electrons. The average molecular weight is 728 g/mol. The summed E-state index contributed by atoms with van der Waals surface area (Å²) in [5.74, 6) is -4.99. The molecule has 0 aliphatic carbocycles. The highest BCUT2D eigenvalue weighted by Crippen LogP contribution is 2.20. The van der Waals surface area contributed by atoms with Gasteiger partial charge in [0.2, 0.25) is 29.5 Å². The number of halogens is 1. The van der Waals surface area contributed by atoms with Crippen LogP contribution < -0.4 is 27.4 Å². The predicted molar refractivity (Wildman–Crippen MR) is 176 cm³/mol. The van der Waals surface area contributed by atoms with Gasteiger partial charge in [0.15, 0.2) is 0 Å². The van der Waals surface area contributed by atoms with E-state index >= 15 is 0 Å². The number of non-ortho nitro benzene ring substituents is 1. The number of primary amides is 1. The Hall–Kier alpha value is -4.85. The average Bonchev–Trinajstić information content (AvgIpc) is 3.52. The first-order chi connectivity index (χ1) is 22.5. The number of likely N-dealkylation sites (tertiary alicyclic amines) is 1. The quantitative estimate of drug-likeness (QED) is 0.0602. The number of aromatic hydroxyl groups is 1. The van der Waals surface area contributed by atoms with Gasteiger partial charge in [0.25, 0.3) is 15.8 Å². The highest BCUT2D eigenvalue weighted by atomic mass is 35.5. The number of carbonyl (C=O) groups excluding carboxylic acids is 5. The Morgan fingerprint density at radius 1 is 0.959 bits per heavy atom. The number of nitrogens with two attached hydrogens (primary N) is 2. The van der Waals surface area contributed by atoms with E-state index in [0.717, 1.165) is 0 Å². The van der Waals surface area contributed by atoms with Crippen LogP contribution in [0.2, 0.25) is 0 Å². The Morgan fingerprint density at radius 2 is 1.55 bits per heavy atom. The van der Waals surface area contributed by atoms with Crippen LogP contribution in [0, 0.1) is 10.1 Å². The van der Waals surface area contributed by atoms with E-state index in [1.807, 2.05) is 0 Å². The van der Waals surface area contributed by atoms with E-state index in [2.05, 4.69) is 16.0 Å². The van der Waals surface area contributed by atoms with Gasteiger partial charge in [0, 0.05) is 25.1 Å². The number of nitrogens with one attached hydrogen (secondary N) is 3. The summed E-state index contributed by atoms with van der Waals surface area (Å²) >= 11 is 0. The number of amides is 5. The molecule has 0 aromatic heterocycles. The molecule has 1 saturated heterocycles. The molecule has 0 bridgehead atoms. The molecule has 0 radical (unpaired) electrons. The number of hydrogen-bond acceptors (Lipinski definition) is 11. The molecule has 1 aliphatic heterocycles. The summed E-state index contributed by atoms with van der Waals surface area (Å²) in [7, 11) is -4.55. The van der Waals surface area contributed by atoms with Gasteiger partial charge in [-0.25, -0.2) is 0 Å². The van der Waals surface area contributed by atoms with Crippen molar-refractivity contribution in [3.63, 3.8) is 0 Å². The second-order valence-corrected chi connectivity index (χ2v) is 12.7. The van der Waals surface area contributed by atoms with Crippen LogP contribution in [0.4, 0.5) is 5.69 Å². The van der Waals surface area contributed by atoms with E-state index in [9.17, 15) is 52.2 Å². The molecule has 0 unspecified atom stereocenters. The lowest BCUT2D eigenvalue weighted by Crippen LogP contribution is -2.56. The van der Waals surface area contributed by atoms with Crippen molar-refractivity contribution in [2.24, 2.45) is 11.5 Å². The van der Waals surface area contributed by atoms with Crippen molar-refractivity contribution < 1.29 is 47.0 Å². The topological polar surface area (TPSA) is 294 Å². The predicted octanol–water partition coefficient (Wildman–Crippen LogP) is -1.33. The number of benzene rings is 2. The molecule has 20 heteroatoms. The van der Waals surface area contributed by atoms with E-state index in [1.165, 1.54) is 53.4 Å². The van der Waals surface area contributed by atoms with Crippen LogP contribution in [0.3, 0.4) is 0 Å². The number of phenolic OH excluding ortho intramolecular Hbond substituents is 1. The lowest BCUT2D eigenvalue weighted by atomic mass is 10.0. The van der Waals surface area contributed by atoms with Gasteiger partial charge in [0.1, 0.15) is 23.9 Å². The normalized spacial score (nSPS) is 16.0. The fourth-order valence-electron chi connectivity index (χ4n) is 5.04. The molecule has 2 aromatic carbocycles. The fourth-order valence-corrected chi connectivity index (χ4v) is 5.58. The maximum atomic E-state index is 13.5. The van der Waals surface area contributed by atoms with E-state index in [1.54, 1.807) is 0 Å². The second kappa shape index (κ2) is 18.1. The Balaban J connectivity index is 0.00000833. The van der Waals surface area contributed by atoms with Crippen molar-refractivity contribution in [2.75, 3.05) is 18.8 Å². The van der Waals surface area contributed by atoms with Crippen LogP contribution >= 0.6 is 12.4 Å². The number of rotatable bonds is 16. The molecule has 0 saturated carbocycles. The summed E-state index contributed by atoms with van der Waals surface area (Å²) in [5.41, 5.74) is 12.2. The van der Waals surface area contributed by atoms with Gasteiger partial charge in [-0.15, -0.1) is 12.4 Å². The van der Waals surface area contributed by atoms with Crippen LogP contribution in [0.15, 0.2) is 48.5 Å². The van der Waals surface area contributed by atoms with Crippen molar-refractivity contribution >= 4 is 57.7 Å². The smallest absolute Gasteiger partial charge is 0.269 e. The first kappa shape index (κ1) is 40.3. The molecule has 18 nitrogen and oxygen atoms in total. The first-order valence-corrected chi connectivity index (χ1v) is 16.3. The minimum absolute atomic E-state index is 0. The van der Waals surface area contributed by atoms with Gasteiger partial charge in [-0.2, -0.15) is 8.42 Å². The van der Waals surface area contributed by atoms with Crippen molar-refractivity contribution in [3.8, 4) is 5.75 Å². The van der Waals surface area contributed by atoms with E-state index in [0.29, 0.717) is 24.0 Å². The molecular formula is C29H38ClN7O11S. The van der Waals surface area contributed by atoms with Crippen molar-refractivity contribution in [3.05, 3.63) is 69.8 Å². The molecule has 0 spiro atoms. The third-order valence-corrected chi connectivity index (χ3v) is 8.29. The summed E-state index contributed by atoms with van der Waals surface area (Å²) in [5, 5.41) is 27.5. The van der Waals surface area contributed by atoms with Crippen LogP contribution in [-0.4, -0.2) is 100 Å². The maximum absolute atomic E-state index is 13.5. The minimum atomic E-state index is -4.55. The summed E-state index contributed by atoms with van der Waals surface area (Å²) in [6.07, 6.45) is 0.103. The third kappa shape index (κ3) is 12.6. The number of phenols is 1. The molecular weight excluding hydrogens is 690 g/mol. The SMILES string of the molecule is Cl.NC(=O)[C@@H]1CCCN1C(=O)[C@H](Cc1ccc([N+](=O)[O-])cc1)NC(=O)CNC(=O)[C@H](CCS(=O)(=O)O)NC(=O)[C@@H](N)Cc1ccc(O)cc1. The summed E-state index contributed by atoms with van der Waals surface area (Å²) in [6.45, 7) is -0.542. The van der Waals surface area contributed by atoms with Gasteiger partial charge in [-0.3, -0.25) is 38.6 Å². The second-order valence-electron chi connectivity index (χ2n) is 11.2.